The van der Waals surface area contributed by atoms with Gasteiger partial charge >= 0.3 is 0 Å². The van der Waals surface area contributed by atoms with Gasteiger partial charge in [-0.15, -0.1) is 0 Å². The molecule has 19 heavy (non-hydrogen) atoms. The van der Waals surface area contributed by atoms with Crippen molar-refractivity contribution < 1.29 is 14.3 Å². The van der Waals surface area contributed by atoms with E-state index in [-0.39, 0.29) is 23.7 Å². The Balaban J connectivity index is 2.36. The molecule has 2 atom stereocenters. The van der Waals surface area contributed by atoms with Crippen LogP contribution < -0.4 is 5.32 Å². The van der Waals surface area contributed by atoms with Crippen LogP contribution in [0.25, 0.3) is 0 Å². The lowest BCUT2D eigenvalue weighted by molar-refractivity contribution is -0.129. The molecule has 0 aliphatic carbocycles. The molecule has 1 amide bonds. The third kappa shape index (κ3) is 5.28. The van der Waals surface area contributed by atoms with Crippen LogP contribution in [0.4, 0.5) is 0 Å². The van der Waals surface area contributed by atoms with Crippen molar-refractivity contribution in [2.45, 2.75) is 39.2 Å². The summed E-state index contributed by atoms with van der Waals surface area (Å²) in [5.41, 5.74) is 0. The van der Waals surface area contributed by atoms with Gasteiger partial charge in [0.15, 0.2) is 0 Å². The highest BCUT2D eigenvalue weighted by atomic mass is 16.5. The van der Waals surface area contributed by atoms with Gasteiger partial charge in [0.25, 0.3) is 0 Å². The predicted octanol–water partition coefficient (Wildman–Crippen LogP) is 0.829. The summed E-state index contributed by atoms with van der Waals surface area (Å²) in [4.78, 5) is 25.6. The fourth-order valence-corrected chi connectivity index (χ4v) is 2.43. The van der Waals surface area contributed by atoms with Crippen molar-refractivity contribution in [2.24, 2.45) is 5.92 Å². The molecular formula is C14H26N2O3. The van der Waals surface area contributed by atoms with Gasteiger partial charge in [0, 0.05) is 32.7 Å². The second-order valence-corrected chi connectivity index (χ2v) is 5.26. The molecule has 0 aromatic heterocycles. The summed E-state index contributed by atoms with van der Waals surface area (Å²) in [5.74, 6) is 0.371. The smallest absolute Gasteiger partial charge is 0.237 e. The zero-order valence-corrected chi connectivity index (χ0v) is 12.3. The van der Waals surface area contributed by atoms with Crippen molar-refractivity contribution in [3.63, 3.8) is 0 Å². The van der Waals surface area contributed by atoms with E-state index in [1.165, 1.54) is 0 Å². The van der Waals surface area contributed by atoms with Gasteiger partial charge in [-0.2, -0.15) is 0 Å². The standard InChI is InChI=1S/C14H26N2O3/c1-11(14(18)15-7-5-9-19-3)16-8-4-6-13(10-16)12(2)17/h11,13H,4-10H2,1-3H3,(H,15,18). The number of hydrogen-bond acceptors (Lipinski definition) is 4. The molecule has 5 nitrogen and oxygen atoms in total. The maximum absolute atomic E-state index is 12.0. The summed E-state index contributed by atoms with van der Waals surface area (Å²) in [6.45, 7) is 6.46. The van der Waals surface area contributed by atoms with Crippen LogP contribution in [0.1, 0.15) is 33.1 Å². The number of carbonyl (C=O) groups excluding carboxylic acids is 2. The third-order valence-corrected chi connectivity index (χ3v) is 3.78. The molecule has 110 valence electrons. The number of ether oxygens (including phenoxy) is 1. The Morgan fingerprint density at radius 3 is 2.84 bits per heavy atom. The molecule has 0 bridgehead atoms. The van der Waals surface area contributed by atoms with E-state index in [0.717, 1.165) is 25.8 Å². The molecule has 1 N–H and O–H groups in total. The number of Topliss-reactive ketones (excluding diaryl/α,β-unsaturated/α-hetero) is 1. The zero-order valence-electron chi connectivity index (χ0n) is 12.3. The van der Waals surface area contributed by atoms with Crippen molar-refractivity contribution in [1.29, 1.82) is 0 Å². The van der Waals surface area contributed by atoms with Gasteiger partial charge in [-0.05, 0) is 39.7 Å². The predicted molar refractivity (Wildman–Crippen MR) is 73.9 cm³/mol. The topological polar surface area (TPSA) is 58.6 Å². The number of hydrogen-bond donors (Lipinski definition) is 1. The number of nitrogens with zero attached hydrogens (tertiary/aromatic N) is 1. The molecule has 1 rings (SSSR count). The second kappa shape index (κ2) is 8.27. The van der Waals surface area contributed by atoms with E-state index in [9.17, 15) is 9.59 Å². The van der Waals surface area contributed by atoms with Crippen LogP contribution in [0.2, 0.25) is 0 Å². The summed E-state index contributed by atoms with van der Waals surface area (Å²) in [5, 5.41) is 2.91. The summed E-state index contributed by atoms with van der Waals surface area (Å²) < 4.78 is 4.94. The second-order valence-electron chi connectivity index (χ2n) is 5.26. The number of nitrogens with one attached hydrogen (secondary N) is 1. The maximum atomic E-state index is 12.0. The number of piperidine rings is 1. The molecule has 1 heterocycles. The molecule has 1 saturated heterocycles. The van der Waals surface area contributed by atoms with Gasteiger partial charge in [0.1, 0.15) is 5.78 Å². The van der Waals surface area contributed by atoms with Crippen molar-refractivity contribution in [2.75, 3.05) is 33.4 Å². The SMILES string of the molecule is COCCCNC(=O)C(C)N1CCCC(C(C)=O)C1. The molecule has 5 heteroatoms. The highest BCUT2D eigenvalue weighted by Gasteiger charge is 2.28. The molecule has 0 saturated carbocycles. The van der Waals surface area contributed by atoms with Gasteiger partial charge in [-0.1, -0.05) is 0 Å². The Bertz CT molecular complexity index is 307. The fraction of sp³-hybridized carbons (Fsp3) is 0.857. The molecule has 1 aliphatic heterocycles. The minimum Gasteiger partial charge on any atom is -0.385 e. The Kier molecular flexibility index (Phi) is 7.02. The fourth-order valence-electron chi connectivity index (χ4n) is 2.43. The van der Waals surface area contributed by atoms with Crippen LogP contribution in [0.5, 0.6) is 0 Å². The molecule has 2 unspecified atom stereocenters. The molecule has 1 fully saturated rings. The molecule has 0 aromatic rings. The Morgan fingerprint density at radius 1 is 1.47 bits per heavy atom. The highest BCUT2D eigenvalue weighted by molar-refractivity contribution is 5.82. The highest BCUT2D eigenvalue weighted by Crippen LogP contribution is 2.19. The Hall–Kier alpha value is -0.940. The summed E-state index contributed by atoms with van der Waals surface area (Å²) in [6, 6.07) is -0.162. The molecular weight excluding hydrogens is 244 g/mol. The van der Waals surface area contributed by atoms with Gasteiger partial charge < -0.3 is 10.1 Å². The first-order valence-corrected chi connectivity index (χ1v) is 7.07. The normalized spacial score (nSPS) is 21.9. The Morgan fingerprint density at radius 2 is 2.21 bits per heavy atom. The van der Waals surface area contributed by atoms with Gasteiger partial charge in [-0.3, -0.25) is 14.5 Å². The monoisotopic (exact) mass is 270 g/mol. The van der Waals surface area contributed by atoms with Crippen LogP contribution in [0, 0.1) is 5.92 Å². The average molecular weight is 270 g/mol. The van der Waals surface area contributed by atoms with E-state index in [1.54, 1.807) is 14.0 Å². The van der Waals surface area contributed by atoms with Crippen LogP contribution in [-0.4, -0.2) is 56.0 Å². The first kappa shape index (κ1) is 16.1. The van der Waals surface area contributed by atoms with Crippen molar-refractivity contribution in [3.05, 3.63) is 0 Å². The maximum Gasteiger partial charge on any atom is 0.237 e. The van der Waals surface area contributed by atoms with Gasteiger partial charge in [0.05, 0.1) is 6.04 Å². The molecule has 0 radical (unpaired) electrons. The van der Waals surface area contributed by atoms with Crippen molar-refractivity contribution >= 4 is 11.7 Å². The molecule has 1 aliphatic rings. The van der Waals surface area contributed by atoms with E-state index in [4.69, 9.17) is 4.74 Å². The largest absolute Gasteiger partial charge is 0.385 e. The number of methoxy groups -OCH3 is 1. The third-order valence-electron chi connectivity index (χ3n) is 3.78. The van der Waals surface area contributed by atoms with E-state index in [0.29, 0.717) is 19.7 Å². The van der Waals surface area contributed by atoms with Crippen LogP contribution in [0.3, 0.4) is 0 Å². The lowest BCUT2D eigenvalue weighted by atomic mass is 9.93. The first-order chi connectivity index (χ1) is 9.06. The van der Waals surface area contributed by atoms with Crippen LogP contribution in [0.15, 0.2) is 0 Å². The van der Waals surface area contributed by atoms with Crippen molar-refractivity contribution in [1.82, 2.24) is 10.2 Å². The Labute approximate surface area is 115 Å². The van der Waals surface area contributed by atoms with Crippen LogP contribution >= 0.6 is 0 Å². The molecule has 0 aromatic carbocycles. The van der Waals surface area contributed by atoms with E-state index >= 15 is 0 Å². The number of ketones is 1. The number of likely N-dealkylation sites (tertiary alicyclic amines) is 1. The van der Waals surface area contributed by atoms with E-state index in [1.807, 2.05) is 6.92 Å². The van der Waals surface area contributed by atoms with E-state index in [2.05, 4.69) is 10.2 Å². The lowest BCUT2D eigenvalue weighted by Gasteiger charge is -2.35. The van der Waals surface area contributed by atoms with Crippen LogP contribution in [-0.2, 0) is 14.3 Å². The minimum absolute atomic E-state index is 0.0419. The summed E-state index contributed by atoms with van der Waals surface area (Å²) >= 11 is 0. The zero-order chi connectivity index (χ0) is 14.3. The minimum atomic E-state index is -0.162. The quantitative estimate of drug-likeness (QED) is 0.696. The molecule has 0 spiro atoms. The summed E-state index contributed by atoms with van der Waals surface area (Å²) in [7, 11) is 1.65. The van der Waals surface area contributed by atoms with Crippen molar-refractivity contribution in [3.8, 4) is 0 Å². The lowest BCUT2D eigenvalue weighted by Crippen LogP contribution is -2.50. The van der Waals surface area contributed by atoms with E-state index < -0.39 is 0 Å². The average Bonchev–Trinajstić information content (AvgIpc) is 2.42. The first-order valence-electron chi connectivity index (χ1n) is 7.07. The summed E-state index contributed by atoms with van der Waals surface area (Å²) in [6.07, 6.45) is 2.77. The number of rotatable bonds is 7. The van der Waals surface area contributed by atoms with Gasteiger partial charge in [-0.25, -0.2) is 0 Å². The number of carbonyl (C=O) groups is 2. The van der Waals surface area contributed by atoms with Gasteiger partial charge in [0.2, 0.25) is 5.91 Å². The number of amides is 1.